The maximum atomic E-state index is 12.6. The fourth-order valence-corrected chi connectivity index (χ4v) is 3.53. The largest absolute Gasteiger partial charge is 0.481 e. The number of carboxylic acids is 1. The zero-order valence-corrected chi connectivity index (χ0v) is 20.2. The summed E-state index contributed by atoms with van der Waals surface area (Å²) in [5, 5.41) is 15.8. The van der Waals surface area contributed by atoms with E-state index in [4.69, 9.17) is 33.0 Å². The van der Waals surface area contributed by atoms with E-state index in [0.717, 1.165) is 0 Å². The Morgan fingerprint density at radius 1 is 1.19 bits per heavy atom. The van der Waals surface area contributed by atoms with Gasteiger partial charge in [0.25, 0.3) is 11.8 Å². The van der Waals surface area contributed by atoms with E-state index in [1.54, 1.807) is 32.0 Å². The highest BCUT2D eigenvalue weighted by atomic mass is 79.9. The van der Waals surface area contributed by atoms with E-state index in [9.17, 15) is 14.4 Å². The van der Waals surface area contributed by atoms with Crippen molar-refractivity contribution in [1.82, 2.24) is 10.7 Å². The van der Waals surface area contributed by atoms with Gasteiger partial charge in [-0.1, -0.05) is 37.0 Å². The van der Waals surface area contributed by atoms with Crippen LogP contribution < -0.4 is 15.5 Å². The second-order valence-electron chi connectivity index (χ2n) is 6.93. The summed E-state index contributed by atoms with van der Waals surface area (Å²) >= 11 is 15.2. The van der Waals surface area contributed by atoms with Crippen molar-refractivity contribution >= 4 is 63.1 Å². The van der Waals surface area contributed by atoms with Crippen LogP contribution in [0.5, 0.6) is 5.75 Å². The predicted octanol–water partition coefficient (Wildman–Crippen LogP) is 4.12. The zero-order chi connectivity index (χ0) is 23.8. The van der Waals surface area contributed by atoms with Crippen molar-refractivity contribution in [2.75, 3.05) is 6.61 Å². The van der Waals surface area contributed by atoms with Gasteiger partial charge in [-0.3, -0.25) is 9.59 Å². The molecule has 1 atom stereocenters. The number of rotatable bonds is 9. The molecule has 170 valence electrons. The molecule has 2 amide bonds. The molecule has 32 heavy (non-hydrogen) atoms. The maximum absolute atomic E-state index is 12.6. The van der Waals surface area contributed by atoms with Gasteiger partial charge in [0, 0.05) is 5.02 Å². The molecular weight excluding hydrogens is 525 g/mol. The van der Waals surface area contributed by atoms with E-state index in [2.05, 4.69) is 31.8 Å². The van der Waals surface area contributed by atoms with Gasteiger partial charge < -0.3 is 15.2 Å². The Kier molecular flexibility index (Phi) is 9.49. The lowest BCUT2D eigenvalue weighted by Crippen LogP contribution is -2.48. The van der Waals surface area contributed by atoms with Gasteiger partial charge in [0.15, 0.2) is 6.61 Å². The molecule has 2 aromatic carbocycles. The molecule has 2 rings (SSSR count). The van der Waals surface area contributed by atoms with Crippen molar-refractivity contribution in [2.24, 2.45) is 11.0 Å². The van der Waals surface area contributed by atoms with Gasteiger partial charge >= 0.3 is 5.97 Å². The zero-order valence-electron chi connectivity index (χ0n) is 17.1. The Balaban J connectivity index is 2.02. The number of hydrogen-bond donors (Lipinski definition) is 3. The number of carbonyl (C=O) groups excluding carboxylic acids is 2. The predicted molar refractivity (Wildman–Crippen MR) is 126 cm³/mol. The van der Waals surface area contributed by atoms with Crippen molar-refractivity contribution in [3.05, 3.63) is 62.0 Å². The van der Waals surface area contributed by atoms with Gasteiger partial charge in [-0.15, -0.1) is 0 Å². The van der Waals surface area contributed by atoms with Gasteiger partial charge in [0.2, 0.25) is 0 Å². The second kappa shape index (κ2) is 11.8. The minimum atomic E-state index is -1.09. The van der Waals surface area contributed by atoms with Crippen LogP contribution >= 0.6 is 39.1 Å². The molecule has 0 heterocycles. The van der Waals surface area contributed by atoms with Crippen molar-refractivity contribution in [2.45, 2.75) is 19.9 Å². The van der Waals surface area contributed by atoms with Crippen LogP contribution in [0, 0.1) is 5.92 Å². The number of amides is 2. The van der Waals surface area contributed by atoms with Gasteiger partial charge in [0.05, 0.1) is 21.3 Å². The lowest BCUT2D eigenvalue weighted by molar-refractivity contribution is -0.139. The number of nitrogens with one attached hydrogen (secondary N) is 2. The van der Waals surface area contributed by atoms with E-state index in [1.807, 2.05) is 0 Å². The van der Waals surface area contributed by atoms with Crippen LogP contribution in [0.15, 0.2) is 46.0 Å². The summed E-state index contributed by atoms with van der Waals surface area (Å²) < 4.78 is 5.65. The lowest BCUT2D eigenvalue weighted by atomic mass is 10.0. The summed E-state index contributed by atoms with van der Waals surface area (Å²) in [5.41, 5.74) is 3.23. The first-order chi connectivity index (χ1) is 15.1. The van der Waals surface area contributed by atoms with E-state index < -0.39 is 30.4 Å². The first-order valence-corrected chi connectivity index (χ1v) is 10.9. The Morgan fingerprint density at radius 2 is 1.91 bits per heavy atom. The van der Waals surface area contributed by atoms with Gasteiger partial charge in [-0.2, -0.15) is 5.10 Å². The third-order valence-corrected chi connectivity index (χ3v) is 5.27. The summed E-state index contributed by atoms with van der Waals surface area (Å²) in [6.45, 7) is 3.10. The molecule has 0 fully saturated rings. The Labute approximate surface area is 203 Å². The summed E-state index contributed by atoms with van der Waals surface area (Å²) in [7, 11) is 0. The smallest absolute Gasteiger partial charge is 0.341 e. The normalized spacial score (nSPS) is 11.9. The van der Waals surface area contributed by atoms with Crippen LogP contribution in [0.4, 0.5) is 0 Å². The molecular formula is C21H20BrCl2N3O5. The van der Waals surface area contributed by atoms with E-state index >= 15 is 0 Å². The molecule has 0 saturated carbocycles. The fourth-order valence-electron chi connectivity index (χ4n) is 2.52. The number of ether oxygens (including phenoxy) is 1. The van der Waals surface area contributed by atoms with E-state index in [-0.39, 0.29) is 16.5 Å². The minimum Gasteiger partial charge on any atom is -0.481 e. The van der Waals surface area contributed by atoms with Crippen molar-refractivity contribution < 1.29 is 24.2 Å². The number of aliphatic carboxylic acids is 1. The van der Waals surface area contributed by atoms with Gasteiger partial charge in [-0.25, -0.2) is 10.2 Å². The molecule has 0 aliphatic heterocycles. The summed E-state index contributed by atoms with van der Waals surface area (Å²) in [6, 6.07) is 8.47. The number of hydrazone groups is 1. The van der Waals surface area contributed by atoms with Crippen molar-refractivity contribution in [1.29, 1.82) is 0 Å². The Hall–Kier alpha value is -2.62. The second-order valence-corrected chi connectivity index (χ2v) is 8.62. The quantitative estimate of drug-likeness (QED) is 0.324. The molecule has 0 aliphatic rings. The molecule has 0 aliphatic carbocycles. The van der Waals surface area contributed by atoms with Gasteiger partial charge in [-0.05, 0) is 63.8 Å². The molecule has 3 N–H and O–H groups in total. The summed E-state index contributed by atoms with van der Waals surface area (Å²) in [5.74, 6) is -1.96. The SMILES string of the molecule is CC(C)C(NC(=O)c1ccc(Cl)cc1Cl)C(=O)NN=Cc1ccc(OCC(=O)O)c(Br)c1. The minimum absolute atomic E-state index is 0.178. The monoisotopic (exact) mass is 543 g/mol. The average Bonchev–Trinajstić information content (AvgIpc) is 2.70. The van der Waals surface area contributed by atoms with E-state index in [1.165, 1.54) is 24.4 Å². The third kappa shape index (κ3) is 7.51. The number of halogens is 3. The molecule has 2 aromatic rings. The molecule has 0 saturated heterocycles. The Morgan fingerprint density at radius 3 is 2.50 bits per heavy atom. The molecule has 1 unspecified atom stereocenters. The number of hydrogen-bond acceptors (Lipinski definition) is 5. The molecule has 0 radical (unpaired) electrons. The maximum Gasteiger partial charge on any atom is 0.341 e. The molecule has 0 bridgehead atoms. The first-order valence-electron chi connectivity index (χ1n) is 9.31. The third-order valence-electron chi connectivity index (χ3n) is 4.11. The van der Waals surface area contributed by atoms with Crippen molar-refractivity contribution in [3.63, 3.8) is 0 Å². The number of nitrogens with zero attached hydrogens (tertiary/aromatic N) is 1. The summed E-state index contributed by atoms with van der Waals surface area (Å²) in [6.07, 6.45) is 1.40. The van der Waals surface area contributed by atoms with E-state index in [0.29, 0.717) is 20.8 Å². The highest BCUT2D eigenvalue weighted by Crippen LogP contribution is 2.25. The van der Waals surface area contributed by atoms with Crippen LogP contribution in [0.1, 0.15) is 29.8 Å². The standard InChI is InChI=1S/C21H20BrCl2N3O5/c1-11(2)19(26-20(30)14-5-4-13(23)8-16(14)24)21(31)27-25-9-12-3-6-17(15(22)7-12)32-10-18(28)29/h3-9,11,19H,10H2,1-2H3,(H,26,30)(H,27,31)(H,28,29). The van der Waals surface area contributed by atoms with Crippen LogP contribution in [-0.4, -0.2) is 41.8 Å². The first kappa shape index (κ1) is 25.6. The van der Waals surface area contributed by atoms with Crippen LogP contribution in [0.2, 0.25) is 10.0 Å². The van der Waals surface area contributed by atoms with Gasteiger partial charge in [0.1, 0.15) is 11.8 Å². The number of benzene rings is 2. The fraction of sp³-hybridized carbons (Fsp3) is 0.238. The highest BCUT2D eigenvalue weighted by molar-refractivity contribution is 9.10. The molecule has 8 nitrogen and oxygen atoms in total. The van der Waals surface area contributed by atoms with Crippen LogP contribution in [-0.2, 0) is 9.59 Å². The topological polar surface area (TPSA) is 117 Å². The Bertz CT molecular complexity index is 1050. The highest BCUT2D eigenvalue weighted by Gasteiger charge is 2.25. The summed E-state index contributed by atoms with van der Waals surface area (Å²) in [4.78, 5) is 35.7. The van der Waals surface area contributed by atoms with Crippen molar-refractivity contribution in [3.8, 4) is 5.75 Å². The molecule has 0 spiro atoms. The van der Waals surface area contributed by atoms with Crippen LogP contribution in [0.25, 0.3) is 0 Å². The number of carboxylic acid groups (broad SMARTS) is 1. The lowest BCUT2D eigenvalue weighted by Gasteiger charge is -2.20. The van der Waals surface area contributed by atoms with Crippen LogP contribution in [0.3, 0.4) is 0 Å². The molecule has 11 heteroatoms. The number of carbonyl (C=O) groups is 3. The average molecular weight is 545 g/mol. The molecule has 0 aromatic heterocycles.